The van der Waals surface area contributed by atoms with Gasteiger partial charge in [0, 0.05) is 41.9 Å². The van der Waals surface area contributed by atoms with E-state index in [2.05, 4.69) is 31.0 Å². The SMILES string of the molecule is Cc1ccn(-c2cc(Br)ccc2[C@@H](Oc2cc(N3CCC4(CC3)CC(C(=O)O)N(C(=O)OCc3ccccc3)C4)nc(C)n2)C(F)(F)F)n1. The van der Waals surface area contributed by atoms with Crippen LogP contribution >= 0.6 is 15.9 Å². The summed E-state index contributed by atoms with van der Waals surface area (Å²) in [5.74, 6) is -0.717. The molecule has 1 N–H and O–H groups in total. The van der Waals surface area contributed by atoms with Crippen LogP contribution in [0.3, 0.4) is 0 Å². The third kappa shape index (κ3) is 7.66. The van der Waals surface area contributed by atoms with E-state index in [1.807, 2.05) is 35.2 Å². The van der Waals surface area contributed by atoms with Crippen molar-refractivity contribution in [3.63, 3.8) is 0 Å². The summed E-state index contributed by atoms with van der Waals surface area (Å²) < 4.78 is 56.9. The Morgan fingerprint density at radius 1 is 1.06 bits per heavy atom. The molecular weight excluding hydrogens is 709 g/mol. The predicted octanol–water partition coefficient (Wildman–Crippen LogP) is 6.81. The summed E-state index contributed by atoms with van der Waals surface area (Å²) in [4.78, 5) is 37.1. The number of aliphatic carboxylic acids is 1. The highest BCUT2D eigenvalue weighted by atomic mass is 79.9. The molecule has 0 aliphatic carbocycles. The number of alkyl halides is 3. The van der Waals surface area contributed by atoms with Gasteiger partial charge in [-0.05, 0) is 62.3 Å². The predicted molar refractivity (Wildman–Crippen MR) is 175 cm³/mol. The summed E-state index contributed by atoms with van der Waals surface area (Å²) in [5, 5.41) is 14.3. The summed E-state index contributed by atoms with van der Waals surface area (Å²) in [6.45, 7) is 4.45. The van der Waals surface area contributed by atoms with Crippen molar-refractivity contribution in [2.24, 2.45) is 5.41 Å². The highest BCUT2D eigenvalue weighted by Gasteiger charge is 2.51. The number of carbonyl (C=O) groups is 2. The number of hydrogen-bond acceptors (Lipinski definition) is 8. The summed E-state index contributed by atoms with van der Waals surface area (Å²) >= 11 is 3.34. The first-order valence-electron chi connectivity index (χ1n) is 15.7. The molecule has 4 aromatic rings. The minimum atomic E-state index is -4.79. The van der Waals surface area contributed by atoms with Gasteiger partial charge in [0.15, 0.2) is 0 Å². The second-order valence-corrected chi connectivity index (χ2v) is 13.4. The van der Waals surface area contributed by atoms with Crippen molar-refractivity contribution in [3.8, 4) is 11.6 Å². The maximum absolute atomic E-state index is 14.6. The van der Waals surface area contributed by atoms with Gasteiger partial charge < -0.3 is 19.5 Å². The maximum Gasteiger partial charge on any atom is 0.429 e. The van der Waals surface area contributed by atoms with Gasteiger partial charge in [-0.1, -0.05) is 52.3 Å². The van der Waals surface area contributed by atoms with Crippen LogP contribution in [-0.4, -0.2) is 73.7 Å². The number of piperidine rings is 1. The lowest BCUT2D eigenvalue weighted by Crippen LogP contribution is -2.43. The van der Waals surface area contributed by atoms with Crippen LogP contribution in [0, 0.1) is 19.3 Å². The quantitative estimate of drug-likeness (QED) is 0.208. The van der Waals surface area contributed by atoms with Crippen LogP contribution in [0.25, 0.3) is 5.69 Å². The number of amides is 1. The van der Waals surface area contributed by atoms with E-state index in [9.17, 15) is 27.9 Å². The summed E-state index contributed by atoms with van der Waals surface area (Å²) in [6.07, 6.45) is -4.90. The molecule has 2 fully saturated rings. The van der Waals surface area contributed by atoms with Crippen molar-refractivity contribution in [1.82, 2.24) is 24.6 Å². The van der Waals surface area contributed by atoms with E-state index in [1.165, 1.54) is 27.8 Å². The molecule has 49 heavy (non-hydrogen) atoms. The molecule has 2 saturated heterocycles. The molecule has 1 spiro atoms. The Balaban J connectivity index is 1.18. The van der Waals surface area contributed by atoms with E-state index in [-0.39, 0.29) is 42.5 Å². The Labute approximate surface area is 288 Å². The van der Waals surface area contributed by atoms with Gasteiger partial charge >= 0.3 is 18.2 Å². The van der Waals surface area contributed by atoms with Crippen LogP contribution in [0.4, 0.5) is 23.8 Å². The summed E-state index contributed by atoms with van der Waals surface area (Å²) in [5.41, 5.74) is 1.03. The average molecular weight is 744 g/mol. The van der Waals surface area contributed by atoms with Crippen molar-refractivity contribution in [2.75, 3.05) is 24.5 Å². The third-order valence-corrected chi connectivity index (χ3v) is 9.46. The van der Waals surface area contributed by atoms with Crippen molar-refractivity contribution < 1.29 is 37.3 Å². The first-order chi connectivity index (χ1) is 23.3. The Kier molecular flexibility index (Phi) is 9.56. The molecule has 2 aromatic heterocycles. The second-order valence-electron chi connectivity index (χ2n) is 12.5. The van der Waals surface area contributed by atoms with Crippen LogP contribution in [0.5, 0.6) is 5.88 Å². The molecule has 0 bridgehead atoms. The Hall–Kier alpha value is -4.66. The molecule has 0 radical (unpaired) electrons. The van der Waals surface area contributed by atoms with Crippen LogP contribution in [0.15, 0.2) is 71.3 Å². The molecule has 15 heteroatoms. The van der Waals surface area contributed by atoms with Crippen LogP contribution < -0.4 is 9.64 Å². The number of carboxylic acids is 1. The highest BCUT2D eigenvalue weighted by Crippen LogP contribution is 2.45. The number of hydrogen-bond donors (Lipinski definition) is 1. The standard InChI is InChI=1S/C34H34BrF3N6O5/c1-21-10-13-44(41-21)26-16-24(35)8-9-25(26)30(34(36,37)38)49-29-17-28(39-22(2)40-29)42-14-11-33(12-15-42)18-27(31(45)46)43(20-33)32(47)48-19-23-6-4-3-5-7-23/h3-10,13,16-17,27,30H,11-12,14-15,18-20H2,1-2H3,(H,45,46)/t27?,30-/m1/s1. The van der Waals surface area contributed by atoms with Crippen molar-refractivity contribution in [2.45, 2.75) is 58.0 Å². The number of benzene rings is 2. The normalized spacial score (nSPS) is 18.0. The van der Waals surface area contributed by atoms with E-state index < -0.39 is 35.8 Å². The maximum atomic E-state index is 14.6. The molecule has 1 unspecified atom stereocenters. The Morgan fingerprint density at radius 3 is 2.45 bits per heavy atom. The summed E-state index contributed by atoms with van der Waals surface area (Å²) in [6, 6.07) is 15.6. The minimum Gasteiger partial charge on any atom is -0.480 e. The number of anilines is 1. The fraction of sp³-hybridized carbons (Fsp3) is 0.382. The molecule has 2 aliphatic rings. The zero-order valence-electron chi connectivity index (χ0n) is 26.7. The van der Waals surface area contributed by atoms with E-state index in [0.29, 0.717) is 41.9 Å². The zero-order chi connectivity index (χ0) is 34.9. The third-order valence-electron chi connectivity index (χ3n) is 8.96. The first-order valence-corrected chi connectivity index (χ1v) is 16.5. The van der Waals surface area contributed by atoms with Crippen molar-refractivity contribution >= 4 is 33.8 Å². The number of rotatable bonds is 8. The number of carboxylic acid groups (broad SMARTS) is 1. The molecule has 2 aromatic carbocycles. The number of halogens is 4. The molecule has 0 saturated carbocycles. The lowest BCUT2D eigenvalue weighted by molar-refractivity contribution is -0.198. The molecule has 6 rings (SSSR count). The van der Waals surface area contributed by atoms with Gasteiger partial charge in [0.1, 0.15) is 24.3 Å². The van der Waals surface area contributed by atoms with E-state index in [4.69, 9.17) is 9.47 Å². The van der Waals surface area contributed by atoms with Crippen LogP contribution in [0.2, 0.25) is 0 Å². The molecule has 11 nitrogen and oxygen atoms in total. The van der Waals surface area contributed by atoms with Gasteiger partial charge in [0.25, 0.3) is 0 Å². The second kappa shape index (κ2) is 13.7. The lowest BCUT2D eigenvalue weighted by Gasteiger charge is -2.39. The first kappa shape index (κ1) is 34.2. The fourth-order valence-corrected chi connectivity index (χ4v) is 6.85. The van der Waals surface area contributed by atoms with Crippen molar-refractivity contribution in [3.05, 3.63) is 94.0 Å². The topological polar surface area (TPSA) is 123 Å². The van der Waals surface area contributed by atoms with Gasteiger partial charge in [0.05, 0.1) is 11.4 Å². The van der Waals surface area contributed by atoms with Gasteiger partial charge in [-0.3, -0.25) is 4.90 Å². The number of carbonyl (C=O) groups excluding carboxylic acids is 1. The molecule has 258 valence electrons. The van der Waals surface area contributed by atoms with E-state index >= 15 is 0 Å². The Bertz CT molecular complexity index is 1830. The molecule has 4 heterocycles. The summed E-state index contributed by atoms with van der Waals surface area (Å²) in [7, 11) is 0. The van der Waals surface area contributed by atoms with Gasteiger partial charge in [-0.15, -0.1) is 0 Å². The monoisotopic (exact) mass is 742 g/mol. The zero-order valence-corrected chi connectivity index (χ0v) is 28.3. The van der Waals surface area contributed by atoms with E-state index in [0.717, 1.165) is 5.56 Å². The molecule has 2 atom stereocenters. The molecule has 2 aliphatic heterocycles. The lowest BCUT2D eigenvalue weighted by atomic mass is 9.76. The average Bonchev–Trinajstić information content (AvgIpc) is 3.67. The number of nitrogens with zero attached hydrogens (tertiary/aromatic N) is 6. The van der Waals surface area contributed by atoms with Gasteiger partial charge in [-0.25, -0.2) is 19.3 Å². The largest absolute Gasteiger partial charge is 0.480 e. The highest BCUT2D eigenvalue weighted by molar-refractivity contribution is 9.10. The number of likely N-dealkylation sites (tertiary alicyclic amines) is 1. The van der Waals surface area contributed by atoms with E-state index in [1.54, 1.807) is 32.2 Å². The van der Waals surface area contributed by atoms with Crippen molar-refractivity contribution in [1.29, 1.82) is 0 Å². The van der Waals surface area contributed by atoms with Crippen LogP contribution in [-0.2, 0) is 16.1 Å². The number of aryl methyl sites for hydroxylation is 2. The molecular formula is C34H34BrF3N6O5. The number of ether oxygens (including phenoxy) is 2. The van der Waals surface area contributed by atoms with Gasteiger partial charge in [-0.2, -0.15) is 23.3 Å². The minimum absolute atomic E-state index is 0.0298. The Morgan fingerprint density at radius 2 is 1.80 bits per heavy atom. The molecule has 1 amide bonds. The fourth-order valence-electron chi connectivity index (χ4n) is 6.50. The van der Waals surface area contributed by atoms with Crippen LogP contribution in [0.1, 0.15) is 48.0 Å². The van der Waals surface area contributed by atoms with Gasteiger partial charge in [0.2, 0.25) is 12.0 Å². The number of aromatic nitrogens is 4. The smallest absolute Gasteiger partial charge is 0.429 e.